The molecule has 23 heavy (non-hydrogen) atoms. The smallest absolute Gasteiger partial charge is 0.411 e. The first-order chi connectivity index (χ1) is 10.5. The minimum absolute atomic E-state index is 0. The Morgan fingerprint density at radius 1 is 1.26 bits per heavy atom. The quantitative estimate of drug-likeness (QED) is 0.640. The van der Waals surface area contributed by atoms with Crippen LogP contribution < -0.4 is 15.4 Å². The molecule has 132 valence electrons. The van der Waals surface area contributed by atoms with Crippen molar-refractivity contribution in [1.82, 2.24) is 5.32 Å². The fourth-order valence-corrected chi connectivity index (χ4v) is 1.61. The van der Waals surface area contributed by atoms with Crippen molar-refractivity contribution in [2.24, 2.45) is 0 Å². The third-order valence-corrected chi connectivity index (χ3v) is 2.74. The molecule has 0 saturated heterocycles. The monoisotopic (exact) mass is 346 g/mol. The fraction of sp³-hybridized carbons (Fsp3) is 0.562. The molecule has 1 aromatic rings. The topological polar surface area (TPSA) is 79.8 Å². The molecule has 0 heterocycles. The fourth-order valence-electron chi connectivity index (χ4n) is 1.61. The Labute approximate surface area is 144 Å². The van der Waals surface area contributed by atoms with Gasteiger partial charge in [0.2, 0.25) is 0 Å². The molecule has 0 aliphatic heterocycles. The number of hydrogen-bond acceptors (Lipinski definition) is 5. The molecule has 0 aliphatic carbocycles. The van der Waals surface area contributed by atoms with E-state index in [9.17, 15) is 9.90 Å². The summed E-state index contributed by atoms with van der Waals surface area (Å²) in [6, 6.07) is 7.24. The molecule has 1 rings (SSSR count). The van der Waals surface area contributed by atoms with Gasteiger partial charge in [0, 0.05) is 18.3 Å². The van der Waals surface area contributed by atoms with Gasteiger partial charge in [-0.2, -0.15) is 0 Å². The number of anilines is 1. The SMILES string of the molecule is CCCOC(=O)Nc1ccc(OCC(O)CNC(C)C)cc1.Cl. The average molecular weight is 347 g/mol. The zero-order valence-electron chi connectivity index (χ0n) is 13.9. The highest BCUT2D eigenvalue weighted by Crippen LogP contribution is 2.16. The third-order valence-electron chi connectivity index (χ3n) is 2.74. The van der Waals surface area contributed by atoms with Gasteiger partial charge in [-0.3, -0.25) is 5.32 Å². The molecular weight excluding hydrogens is 320 g/mol. The summed E-state index contributed by atoms with van der Waals surface area (Å²) >= 11 is 0. The Balaban J connectivity index is 0.00000484. The Kier molecular flexibility index (Phi) is 11.2. The van der Waals surface area contributed by atoms with Crippen LogP contribution >= 0.6 is 12.4 Å². The van der Waals surface area contributed by atoms with E-state index in [-0.39, 0.29) is 19.0 Å². The highest BCUT2D eigenvalue weighted by Gasteiger charge is 2.07. The van der Waals surface area contributed by atoms with Gasteiger partial charge < -0.3 is 19.9 Å². The summed E-state index contributed by atoms with van der Waals surface area (Å²) in [6.07, 6.45) is -0.247. The van der Waals surface area contributed by atoms with Crippen LogP contribution in [0.2, 0.25) is 0 Å². The Morgan fingerprint density at radius 2 is 1.91 bits per heavy atom. The largest absolute Gasteiger partial charge is 0.491 e. The number of aliphatic hydroxyl groups excluding tert-OH is 1. The Morgan fingerprint density at radius 3 is 2.48 bits per heavy atom. The van der Waals surface area contributed by atoms with Crippen LogP contribution in [-0.4, -0.2) is 43.1 Å². The molecule has 0 fully saturated rings. The van der Waals surface area contributed by atoms with Gasteiger partial charge in [-0.05, 0) is 30.7 Å². The lowest BCUT2D eigenvalue weighted by Crippen LogP contribution is -2.35. The van der Waals surface area contributed by atoms with Crippen molar-refractivity contribution in [2.45, 2.75) is 39.3 Å². The molecule has 6 nitrogen and oxygen atoms in total. The van der Waals surface area contributed by atoms with E-state index in [1.54, 1.807) is 24.3 Å². The molecule has 0 spiro atoms. The lowest BCUT2D eigenvalue weighted by Gasteiger charge is -2.15. The van der Waals surface area contributed by atoms with Crippen molar-refractivity contribution in [2.75, 3.05) is 25.1 Å². The van der Waals surface area contributed by atoms with Gasteiger partial charge in [0.1, 0.15) is 18.5 Å². The average Bonchev–Trinajstić information content (AvgIpc) is 2.50. The van der Waals surface area contributed by atoms with Crippen LogP contribution in [0.15, 0.2) is 24.3 Å². The van der Waals surface area contributed by atoms with E-state index in [0.717, 1.165) is 6.42 Å². The van der Waals surface area contributed by atoms with Crippen molar-refractivity contribution in [3.8, 4) is 5.75 Å². The number of carbonyl (C=O) groups is 1. The van der Waals surface area contributed by atoms with Gasteiger partial charge in [-0.1, -0.05) is 20.8 Å². The first-order valence-corrected chi connectivity index (χ1v) is 7.59. The van der Waals surface area contributed by atoms with Crippen LogP contribution in [0, 0.1) is 0 Å². The summed E-state index contributed by atoms with van der Waals surface area (Å²) in [5.74, 6) is 0.635. The number of ether oxygens (including phenoxy) is 2. The first kappa shape index (κ1) is 21.5. The molecule has 0 saturated carbocycles. The van der Waals surface area contributed by atoms with Crippen LogP contribution in [0.1, 0.15) is 27.2 Å². The maximum atomic E-state index is 11.4. The third kappa shape index (κ3) is 9.99. The molecule has 1 unspecified atom stereocenters. The van der Waals surface area contributed by atoms with Gasteiger partial charge in [-0.25, -0.2) is 4.79 Å². The predicted octanol–water partition coefficient (Wildman–Crippen LogP) is 2.80. The first-order valence-electron chi connectivity index (χ1n) is 7.59. The lowest BCUT2D eigenvalue weighted by atomic mass is 10.3. The van der Waals surface area contributed by atoms with E-state index in [2.05, 4.69) is 10.6 Å². The number of hydrogen-bond donors (Lipinski definition) is 3. The van der Waals surface area contributed by atoms with Gasteiger partial charge >= 0.3 is 6.09 Å². The van der Waals surface area contributed by atoms with Crippen molar-refractivity contribution in [3.05, 3.63) is 24.3 Å². The minimum Gasteiger partial charge on any atom is -0.491 e. The lowest BCUT2D eigenvalue weighted by molar-refractivity contribution is 0.104. The summed E-state index contributed by atoms with van der Waals surface area (Å²) in [5, 5.41) is 15.5. The standard InChI is InChI=1S/C16H26N2O4.ClH/c1-4-9-21-16(20)18-13-5-7-15(8-6-13)22-11-14(19)10-17-12(2)3;/h5-8,12,14,17,19H,4,9-11H2,1-3H3,(H,18,20);1H. The summed E-state index contributed by atoms with van der Waals surface area (Å²) in [5.41, 5.74) is 0.635. The number of benzene rings is 1. The molecule has 0 bridgehead atoms. The summed E-state index contributed by atoms with van der Waals surface area (Å²) in [6.45, 7) is 7.07. The summed E-state index contributed by atoms with van der Waals surface area (Å²) in [4.78, 5) is 11.4. The second-order valence-electron chi connectivity index (χ2n) is 5.31. The van der Waals surface area contributed by atoms with Crippen molar-refractivity contribution in [3.63, 3.8) is 0 Å². The Hall–Kier alpha value is -1.50. The summed E-state index contributed by atoms with van der Waals surface area (Å²) in [7, 11) is 0. The number of nitrogens with one attached hydrogen (secondary N) is 2. The number of amides is 1. The van der Waals surface area contributed by atoms with Crippen LogP contribution in [-0.2, 0) is 4.74 Å². The second kappa shape index (κ2) is 12.0. The highest BCUT2D eigenvalue weighted by molar-refractivity contribution is 5.85. The summed E-state index contributed by atoms with van der Waals surface area (Å²) < 4.78 is 10.4. The molecule has 0 aliphatic rings. The molecule has 0 radical (unpaired) electrons. The highest BCUT2D eigenvalue weighted by atomic mass is 35.5. The van der Waals surface area contributed by atoms with Crippen molar-refractivity contribution >= 4 is 24.2 Å². The van der Waals surface area contributed by atoms with E-state index in [0.29, 0.717) is 30.6 Å². The normalized spacial score (nSPS) is 11.5. The van der Waals surface area contributed by atoms with Crippen LogP contribution in [0.25, 0.3) is 0 Å². The number of rotatable bonds is 9. The molecule has 1 aromatic carbocycles. The minimum atomic E-state index is -0.566. The van der Waals surface area contributed by atoms with Crippen molar-refractivity contribution in [1.29, 1.82) is 0 Å². The number of aliphatic hydroxyl groups is 1. The zero-order chi connectivity index (χ0) is 16.4. The number of halogens is 1. The van der Waals surface area contributed by atoms with Gasteiger partial charge in [0.05, 0.1) is 6.61 Å². The van der Waals surface area contributed by atoms with Crippen LogP contribution in [0.5, 0.6) is 5.75 Å². The van der Waals surface area contributed by atoms with E-state index >= 15 is 0 Å². The zero-order valence-corrected chi connectivity index (χ0v) is 14.7. The van der Waals surface area contributed by atoms with Crippen LogP contribution in [0.4, 0.5) is 10.5 Å². The molecule has 7 heteroatoms. The van der Waals surface area contributed by atoms with Crippen molar-refractivity contribution < 1.29 is 19.4 Å². The predicted molar refractivity (Wildman–Crippen MR) is 93.6 cm³/mol. The maximum Gasteiger partial charge on any atom is 0.411 e. The molecular formula is C16H27ClN2O4. The molecule has 3 N–H and O–H groups in total. The maximum absolute atomic E-state index is 11.4. The van der Waals surface area contributed by atoms with E-state index in [1.165, 1.54) is 0 Å². The van der Waals surface area contributed by atoms with E-state index in [1.807, 2.05) is 20.8 Å². The molecule has 0 aromatic heterocycles. The molecule has 1 amide bonds. The van der Waals surface area contributed by atoms with Gasteiger partial charge in [0.25, 0.3) is 0 Å². The van der Waals surface area contributed by atoms with E-state index in [4.69, 9.17) is 9.47 Å². The van der Waals surface area contributed by atoms with Gasteiger partial charge in [-0.15, -0.1) is 12.4 Å². The van der Waals surface area contributed by atoms with Crippen LogP contribution in [0.3, 0.4) is 0 Å². The van der Waals surface area contributed by atoms with Gasteiger partial charge in [0.15, 0.2) is 0 Å². The van der Waals surface area contributed by atoms with E-state index < -0.39 is 12.2 Å². The Bertz CT molecular complexity index is 440. The molecule has 1 atom stereocenters. The number of carbonyl (C=O) groups excluding carboxylic acids is 1. The second-order valence-corrected chi connectivity index (χ2v) is 5.31.